The molecule has 0 bridgehead atoms. The number of fused-ring (bicyclic) bond motifs is 1. The number of aromatic nitrogens is 2. The minimum atomic E-state index is -3.21. The highest BCUT2D eigenvalue weighted by Crippen LogP contribution is 2.26. The highest BCUT2D eigenvalue weighted by molar-refractivity contribution is 7.90. The summed E-state index contributed by atoms with van der Waals surface area (Å²) in [5, 5.41) is 3.27. The van der Waals surface area contributed by atoms with Crippen molar-refractivity contribution >= 4 is 21.7 Å². The summed E-state index contributed by atoms with van der Waals surface area (Å²) in [5.41, 5.74) is 2.59. The van der Waals surface area contributed by atoms with Crippen molar-refractivity contribution in [1.82, 2.24) is 14.9 Å². The van der Waals surface area contributed by atoms with Crippen LogP contribution >= 0.6 is 0 Å². The number of sulfone groups is 1. The van der Waals surface area contributed by atoms with Crippen LogP contribution in [0.5, 0.6) is 0 Å². The molecule has 0 saturated carbocycles. The number of hydrogen-bond donors (Lipinski definition) is 1. The summed E-state index contributed by atoms with van der Waals surface area (Å²) in [4.78, 5) is 22.9. The molecule has 28 heavy (non-hydrogen) atoms. The fraction of sp³-hybridized carbons (Fsp3) is 0.421. The number of hydrogen-bond acceptors (Lipinski definition) is 7. The van der Waals surface area contributed by atoms with Crippen LogP contribution in [0.1, 0.15) is 27.9 Å². The van der Waals surface area contributed by atoms with Crippen molar-refractivity contribution in [2.75, 3.05) is 31.5 Å². The maximum Gasteiger partial charge on any atom is 0.258 e. The lowest BCUT2D eigenvalue weighted by Gasteiger charge is -2.26. The maximum absolute atomic E-state index is 12.4. The highest BCUT2D eigenvalue weighted by Gasteiger charge is 2.24. The Morgan fingerprint density at radius 3 is 2.64 bits per heavy atom. The first-order valence-electron chi connectivity index (χ1n) is 9.17. The van der Waals surface area contributed by atoms with Crippen LogP contribution in [-0.4, -0.2) is 61.4 Å². The SMILES string of the molecule is CS(=O)(=O)c1ccc2c(c1)CC(Nc1ncc(C(=O)N3CCCOC3)cn1)C2. The van der Waals surface area contributed by atoms with Crippen molar-refractivity contribution in [2.24, 2.45) is 0 Å². The van der Waals surface area contributed by atoms with Crippen molar-refractivity contribution in [1.29, 1.82) is 0 Å². The molecule has 8 nitrogen and oxygen atoms in total. The number of ether oxygens (including phenoxy) is 1. The molecule has 1 amide bonds. The zero-order valence-corrected chi connectivity index (χ0v) is 16.4. The second kappa shape index (κ2) is 7.48. The summed E-state index contributed by atoms with van der Waals surface area (Å²) < 4.78 is 28.8. The molecule has 1 aromatic carbocycles. The minimum absolute atomic E-state index is 0.0851. The Bertz CT molecular complexity index is 985. The van der Waals surface area contributed by atoms with E-state index in [1.807, 2.05) is 6.07 Å². The molecule has 2 aromatic rings. The second-order valence-electron chi connectivity index (χ2n) is 7.21. The molecule has 0 radical (unpaired) electrons. The Kier molecular flexibility index (Phi) is 5.03. The van der Waals surface area contributed by atoms with E-state index in [2.05, 4.69) is 15.3 Å². The van der Waals surface area contributed by atoms with Gasteiger partial charge in [-0.15, -0.1) is 0 Å². The van der Waals surface area contributed by atoms with Gasteiger partial charge in [0.2, 0.25) is 5.95 Å². The van der Waals surface area contributed by atoms with Crippen molar-refractivity contribution in [3.63, 3.8) is 0 Å². The molecule has 1 aromatic heterocycles. The van der Waals surface area contributed by atoms with E-state index in [4.69, 9.17) is 4.74 Å². The van der Waals surface area contributed by atoms with E-state index < -0.39 is 9.84 Å². The first-order chi connectivity index (χ1) is 13.4. The molecule has 1 unspecified atom stereocenters. The topological polar surface area (TPSA) is 101 Å². The quantitative estimate of drug-likeness (QED) is 0.822. The molecule has 148 valence electrons. The van der Waals surface area contributed by atoms with E-state index in [0.717, 1.165) is 24.0 Å². The Morgan fingerprint density at radius 1 is 1.21 bits per heavy atom. The third-order valence-corrected chi connectivity index (χ3v) is 6.13. The predicted octanol–water partition coefficient (Wildman–Crippen LogP) is 1.28. The Labute approximate surface area is 163 Å². The van der Waals surface area contributed by atoms with Gasteiger partial charge in [0.25, 0.3) is 5.91 Å². The van der Waals surface area contributed by atoms with E-state index >= 15 is 0 Å². The average molecular weight is 402 g/mol. The highest BCUT2D eigenvalue weighted by atomic mass is 32.2. The van der Waals surface area contributed by atoms with Crippen LogP contribution < -0.4 is 5.32 Å². The number of carbonyl (C=O) groups excluding carboxylic acids is 1. The molecular formula is C19H22N4O4S. The van der Waals surface area contributed by atoms with Crippen LogP contribution in [-0.2, 0) is 27.4 Å². The van der Waals surface area contributed by atoms with E-state index in [9.17, 15) is 13.2 Å². The van der Waals surface area contributed by atoms with Crippen LogP contribution in [0.15, 0.2) is 35.5 Å². The van der Waals surface area contributed by atoms with Gasteiger partial charge in [-0.05, 0) is 42.5 Å². The standard InChI is InChI=1S/C19H22N4O4S/c1-28(25,26)17-4-3-13-7-16(8-14(13)9-17)22-19-20-10-15(11-21-19)18(24)23-5-2-6-27-12-23/h3-4,9-11,16H,2,5-8,12H2,1H3,(H,20,21,22). The fourth-order valence-electron chi connectivity index (χ4n) is 3.56. The zero-order valence-electron chi connectivity index (χ0n) is 15.6. The van der Waals surface area contributed by atoms with Gasteiger partial charge in [-0.1, -0.05) is 6.07 Å². The molecule has 1 atom stereocenters. The summed E-state index contributed by atoms with van der Waals surface area (Å²) >= 11 is 0. The van der Waals surface area contributed by atoms with E-state index in [-0.39, 0.29) is 11.9 Å². The summed E-state index contributed by atoms with van der Waals surface area (Å²) in [6.45, 7) is 1.65. The molecule has 1 fully saturated rings. The largest absolute Gasteiger partial charge is 0.361 e. The lowest BCUT2D eigenvalue weighted by atomic mass is 10.1. The molecule has 4 rings (SSSR count). The number of amides is 1. The zero-order chi connectivity index (χ0) is 19.7. The molecule has 1 saturated heterocycles. The molecule has 2 aliphatic rings. The smallest absolute Gasteiger partial charge is 0.258 e. The monoisotopic (exact) mass is 402 g/mol. The van der Waals surface area contributed by atoms with Gasteiger partial charge in [-0.3, -0.25) is 4.79 Å². The summed E-state index contributed by atoms with van der Waals surface area (Å²) in [5.74, 6) is 0.320. The maximum atomic E-state index is 12.4. The van der Waals surface area contributed by atoms with Gasteiger partial charge < -0.3 is 15.0 Å². The van der Waals surface area contributed by atoms with Crippen molar-refractivity contribution in [3.8, 4) is 0 Å². The van der Waals surface area contributed by atoms with Crippen LogP contribution in [0.25, 0.3) is 0 Å². The third-order valence-electron chi connectivity index (χ3n) is 5.02. The Balaban J connectivity index is 1.40. The Morgan fingerprint density at radius 2 is 1.96 bits per heavy atom. The average Bonchev–Trinajstić information content (AvgIpc) is 3.09. The first kappa shape index (κ1) is 18.8. The van der Waals surface area contributed by atoms with Gasteiger partial charge in [0, 0.05) is 31.2 Å². The Hall–Kier alpha value is -2.52. The summed E-state index contributed by atoms with van der Waals surface area (Å²) in [6, 6.07) is 5.35. The van der Waals surface area contributed by atoms with Gasteiger partial charge in [-0.2, -0.15) is 0 Å². The van der Waals surface area contributed by atoms with Crippen LogP contribution in [0.3, 0.4) is 0 Å². The number of nitrogens with one attached hydrogen (secondary N) is 1. The van der Waals surface area contributed by atoms with Crippen LogP contribution in [0.2, 0.25) is 0 Å². The summed E-state index contributed by atoms with van der Waals surface area (Å²) in [6.07, 6.45) is 6.57. The molecule has 1 aliphatic heterocycles. The van der Waals surface area contributed by atoms with E-state index in [0.29, 0.717) is 42.7 Å². The fourth-order valence-corrected chi connectivity index (χ4v) is 4.23. The van der Waals surface area contributed by atoms with E-state index in [1.54, 1.807) is 17.0 Å². The van der Waals surface area contributed by atoms with Gasteiger partial charge in [0.05, 0.1) is 17.1 Å². The first-order valence-corrected chi connectivity index (χ1v) is 11.1. The molecule has 1 aliphatic carbocycles. The number of rotatable bonds is 4. The lowest BCUT2D eigenvalue weighted by Crippen LogP contribution is -2.38. The van der Waals surface area contributed by atoms with E-state index in [1.165, 1.54) is 18.6 Å². The van der Waals surface area contributed by atoms with Crippen molar-refractivity contribution < 1.29 is 17.9 Å². The predicted molar refractivity (Wildman–Crippen MR) is 103 cm³/mol. The third kappa shape index (κ3) is 4.00. The van der Waals surface area contributed by atoms with Gasteiger partial charge in [0.1, 0.15) is 6.73 Å². The second-order valence-corrected chi connectivity index (χ2v) is 9.22. The molecule has 0 spiro atoms. The number of carbonyl (C=O) groups is 1. The normalized spacial score (nSPS) is 19.3. The van der Waals surface area contributed by atoms with Gasteiger partial charge >= 0.3 is 0 Å². The molecule has 1 N–H and O–H groups in total. The van der Waals surface area contributed by atoms with Crippen molar-refractivity contribution in [2.45, 2.75) is 30.2 Å². The molecular weight excluding hydrogens is 380 g/mol. The number of benzene rings is 1. The minimum Gasteiger partial charge on any atom is -0.361 e. The van der Waals surface area contributed by atoms with Crippen LogP contribution in [0.4, 0.5) is 5.95 Å². The molecule has 9 heteroatoms. The van der Waals surface area contributed by atoms with Crippen LogP contribution in [0, 0.1) is 0 Å². The number of anilines is 1. The lowest BCUT2D eigenvalue weighted by molar-refractivity contribution is -0.00575. The number of nitrogens with zero attached hydrogens (tertiary/aromatic N) is 3. The van der Waals surface area contributed by atoms with Gasteiger partial charge in [-0.25, -0.2) is 18.4 Å². The summed E-state index contributed by atoms with van der Waals surface area (Å²) in [7, 11) is -3.21. The molecule has 2 heterocycles. The van der Waals surface area contributed by atoms with Crippen molar-refractivity contribution in [3.05, 3.63) is 47.3 Å². The van der Waals surface area contributed by atoms with Gasteiger partial charge in [0.15, 0.2) is 9.84 Å².